The van der Waals surface area contributed by atoms with Crippen LogP contribution in [-0.4, -0.2) is 66.2 Å². The highest BCUT2D eigenvalue weighted by molar-refractivity contribution is 5.83. The fraction of sp³-hybridized carbons (Fsp3) is 0.867. The Morgan fingerprint density at radius 1 is 1.43 bits per heavy atom. The molecule has 6 heteroatoms. The Morgan fingerprint density at radius 2 is 2.10 bits per heavy atom. The van der Waals surface area contributed by atoms with Gasteiger partial charge in [0.15, 0.2) is 0 Å². The fourth-order valence-corrected chi connectivity index (χ4v) is 2.70. The smallest absolute Gasteiger partial charge is 0.326 e. The van der Waals surface area contributed by atoms with E-state index in [9.17, 15) is 14.7 Å². The Bertz CT molecular complexity index is 360. The van der Waals surface area contributed by atoms with Crippen LogP contribution in [0.4, 0.5) is 4.79 Å². The predicted molar refractivity (Wildman–Crippen MR) is 82.3 cm³/mol. The summed E-state index contributed by atoms with van der Waals surface area (Å²) < 4.78 is 0. The first-order chi connectivity index (χ1) is 9.85. The second-order valence-electron chi connectivity index (χ2n) is 6.29. The highest BCUT2D eigenvalue weighted by Crippen LogP contribution is 2.25. The molecule has 0 saturated carbocycles. The normalized spacial score (nSPS) is 24.0. The van der Waals surface area contributed by atoms with E-state index >= 15 is 0 Å². The maximum absolute atomic E-state index is 12.3. The van der Waals surface area contributed by atoms with Crippen LogP contribution >= 0.6 is 0 Å². The molecule has 0 aromatic rings. The van der Waals surface area contributed by atoms with E-state index in [4.69, 9.17) is 0 Å². The van der Waals surface area contributed by atoms with Gasteiger partial charge in [-0.15, -0.1) is 0 Å². The summed E-state index contributed by atoms with van der Waals surface area (Å²) in [4.78, 5) is 27.3. The van der Waals surface area contributed by atoms with Crippen molar-refractivity contribution in [1.29, 1.82) is 0 Å². The number of rotatable bonds is 6. The van der Waals surface area contributed by atoms with Crippen LogP contribution in [0.3, 0.4) is 0 Å². The Hall–Kier alpha value is -1.30. The molecule has 2 amide bonds. The predicted octanol–water partition coefficient (Wildman–Crippen LogP) is 1.61. The van der Waals surface area contributed by atoms with E-state index in [0.29, 0.717) is 18.9 Å². The first-order valence-electron chi connectivity index (χ1n) is 7.79. The molecule has 1 rings (SSSR count). The number of carboxylic acid groups (broad SMARTS) is 1. The van der Waals surface area contributed by atoms with Gasteiger partial charge < -0.3 is 20.2 Å². The Morgan fingerprint density at radius 3 is 2.62 bits per heavy atom. The largest absolute Gasteiger partial charge is 0.480 e. The van der Waals surface area contributed by atoms with Gasteiger partial charge in [0.25, 0.3) is 0 Å². The second-order valence-corrected chi connectivity index (χ2v) is 6.29. The van der Waals surface area contributed by atoms with Gasteiger partial charge in [0.2, 0.25) is 0 Å². The molecule has 2 N–H and O–H groups in total. The first-order valence-corrected chi connectivity index (χ1v) is 7.79. The molecule has 0 spiro atoms. The molecule has 1 heterocycles. The number of piperidine rings is 1. The highest BCUT2D eigenvalue weighted by atomic mass is 16.4. The summed E-state index contributed by atoms with van der Waals surface area (Å²) in [6, 6.07) is -0.897. The number of carbonyl (C=O) groups excluding carboxylic acids is 1. The maximum atomic E-state index is 12.3. The number of urea groups is 1. The molecule has 21 heavy (non-hydrogen) atoms. The summed E-state index contributed by atoms with van der Waals surface area (Å²) in [5.74, 6) is -0.495. The third kappa shape index (κ3) is 5.53. The average Bonchev–Trinajstić information content (AvgIpc) is 2.44. The van der Waals surface area contributed by atoms with Gasteiger partial charge in [0, 0.05) is 12.6 Å². The lowest BCUT2D eigenvalue weighted by molar-refractivity contribution is -0.144. The first kappa shape index (κ1) is 17.8. The molecule has 1 saturated heterocycles. The molecule has 1 aliphatic heterocycles. The molecule has 1 aliphatic rings. The molecule has 0 aliphatic carbocycles. The standard InChI is InChI=1S/C15H29N3O3/c1-5-12-7-9-18(13(10-12)14(19)20)15(21)16-11(2)6-8-17(3)4/h11-13H,5-10H2,1-4H3,(H,16,21)(H,19,20). The summed E-state index contributed by atoms with van der Waals surface area (Å²) in [5.41, 5.74) is 0. The minimum Gasteiger partial charge on any atom is -0.480 e. The number of likely N-dealkylation sites (tertiary alicyclic amines) is 1. The Balaban J connectivity index is 2.56. The molecule has 0 radical (unpaired) electrons. The van der Waals surface area contributed by atoms with E-state index in [2.05, 4.69) is 17.1 Å². The van der Waals surface area contributed by atoms with Gasteiger partial charge in [-0.2, -0.15) is 0 Å². The van der Waals surface area contributed by atoms with Crippen molar-refractivity contribution >= 4 is 12.0 Å². The summed E-state index contributed by atoms with van der Waals surface area (Å²) in [6.07, 6.45) is 3.27. The number of amides is 2. The molecular formula is C15H29N3O3. The number of hydrogen-bond donors (Lipinski definition) is 2. The van der Waals surface area contributed by atoms with Crippen LogP contribution in [0.15, 0.2) is 0 Å². The van der Waals surface area contributed by atoms with Crippen LogP contribution in [0.1, 0.15) is 39.5 Å². The van der Waals surface area contributed by atoms with Crippen molar-refractivity contribution in [3.8, 4) is 0 Å². The molecule has 3 unspecified atom stereocenters. The average molecular weight is 299 g/mol. The zero-order chi connectivity index (χ0) is 16.0. The monoisotopic (exact) mass is 299 g/mol. The van der Waals surface area contributed by atoms with E-state index in [0.717, 1.165) is 25.8 Å². The molecule has 122 valence electrons. The maximum Gasteiger partial charge on any atom is 0.326 e. The number of nitrogens with one attached hydrogen (secondary N) is 1. The van der Waals surface area contributed by atoms with Gasteiger partial charge in [-0.3, -0.25) is 0 Å². The van der Waals surface area contributed by atoms with Gasteiger partial charge in [-0.25, -0.2) is 9.59 Å². The SMILES string of the molecule is CCC1CCN(C(=O)NC(C)CCN(C)C)C(C(=O)O)C1. The summed E-state index contributed by atoms with van der Waals surface area (Å²) in [5, 5.41) is 12.3. The van der Waals surface area contributed by atoms with Crippen molar-refractivity contribution in [1.82, 2.24) is 15.1 Å². The van der Waals surface area contributed by atoms with E-state index in [1.54, 1.807) is 0 Å². The molecule has 0 aromatic heterocycles. The number of hydrogen-bond acceptors (Lipinski definition) is 3. The van der Waals surface area contributed by atoms with Crippen LogP contribution in [0, 0.1) is 5.92 Å². The summed E-state index contributed by atoms with van der Waals surface area (Å²) >= 11 is 0. The van der Waals surface area contributed by atoms with Crippen LogP contribution in [0.2, 0.25) is 0 Å². The van der Waals surface area contributed by atoms with E-state index < -0.39 is 12.0 Å². The number of carboxylic acids is 1. The van der Waals surface area contributed by atoms with Crippen LogP contribution in [-0.2, 0) is 4.79 Å². The lowest BCUT2D eigenvalue weighted by Crippen LogP contribution is -2.55. The Kier molecular flexibility index (Phi) is 6.95. The van der Waals surface area contributed by atoms with Crippen LogP contribution in [0.5, 0.6) is 0 Å². The minimum absolute atomic E-state index is 0.0400. The van der Waals surface area contributed by atoms with Gasteiger partial charge in [-0.05, 0) is 52.7 Å². The van der Waals surface area contributed by atoms with Gasteiger partial charge >= 0.3 is 12.0 Å². The zero-order valence-electron chi connectivity index (χ0n) is 13.6. The minimum atomic E-state index is -0.899. The van der Waals surface area contributed by atoms with Gasteiger partial charge in [0.05, 0.1) is 0 Å². The zero-order valence-corrected chi connectivity index (χ0v) is 13.6. The van der Waals surface area contributed by atoms with E-state index in [1.165, 1.54) is 4.90 Å². The van der Waals surface area contributed by atoms with Crippen molar-refractivity contribution in [2.24, 2.45) is 5.92 Å². The van der Waals surface area contributed by atoms with Crippen molar-refractivity contribution in [2.75, 3.05) is 27.2 Å². The van der Waals surface area contributed by atoms with Crippen molar-refractivity contribution < 1.29 is 14.7 Å². The highest BCUT2D eigenvalue weighted by Gasteiger charge is 2.35. The molecule has 1 fully saturated rings. The van der Waals surface area contributed by atoms with Crippen LogP contribution < -0.4 is 5.32 Å². The number of aliphatic carboxylic acids is 1. The molecule has 3 atom stereocenters. The number of carbonyl (C=O) groups is 2. The van der Waals surface area contributed by atoms with Crippen molar-refractivity contribution in [2.45, 2.75) is 51.6 Å². The van der Waals surface area contributed by atoms with E-state index in [1.807, 2.05) is 21.0 Å². The molecule has 0 aromatic carbocycles. The fourth-order valence-electron chi connectivity index (χ4n) is 2.70. The Labute approximate surface area is 127 Å². The molecule has 6 nitrogen and oxygen atoms in total. The van der Waals surface area contributed by atoms with Crippen LogP contribution in [0.25, 0.3) is 0 Å². The third-order valence-electron chi connectivity index (χ3n) is 4.21. The van der Waals surface area contributed by atoms with Gasteiger partial charge in [-0.1, -0.05) is 13.3 Å². The lowest BCUT2D eigenvalue weighted by atomic mass is 9.89. The third-order valence-corrected chi connectivity index (χ3v) is 4.21. The summed E-state index contributed by atoms with van der Waals surface area (Å²) in [6.45, 7) is 5.45. The van der Waals surface area contributed by atoms with E-state index in [-0.39, 0.29) is 12.1 Å². The number of nitrogens with zero attached hydrogens (tertiary/aromatic N) is 2. The van der Waals surface area contributed by atoms with Crippen molar-refractivity contribution in [3.05, 3.63) is 0 Å². The lowest BCUT2D eigenvalue weighted by Gasteiger charge is -2.37. The molecule has 0 bridgehead atoms. The topological polar surface area (TPSA) is 72.9 Å². The summed E-state index contributed by atoms with van der Waals surface area (Å²) in [7, 11) is 3.98. The van der Waals surface area contributed by atoms with Gasteiger partial charge in [0.1, 0.15) is 6.04 Å². The second kappa shape index (κ2) is 8.22. The molecular weight excluding hydrogens is 270 g/mol. The quantitative estimate of drug-likeness (QED) is 0.781. The van der Waals surface area contributed by atoms with Crippen molar-refractivity contribution in [3.63, 3.8) is 0 Å².